The molecule has 9 nitrogen and oxygen atoms in total. The molecule has 0 spiro atoms. The summed E-state index contributed by atoms with van der Waals surface area (Å²) in [5, 5.41) is 6.90. The van der Waals surface area contributed by atoms with Crippen LogP contribution < -0.4 is 4.90 Å². The summed E-state index contributed by atoms with van der Waals surface area (Å²) >= 11 is 0. The number of carbonyl (C=O) groups excluding carboxylic acids is 2. The highest BCUT2D eigenvalue weighted by Gasteiger charge is 2.44. The maximum Gasteiger partial charge on any atom is 0.314 e. The number of halogens is 2. The Morgan fingerprint density at radius 3 is 2.51 bits per heavy atom. The van der Waals surface area contributed by atoms with Crippen LogP contribution in [0.5, 0.6) is 0 Å². The fourth-order valence-electron chi connectivity index (χ4n) is 4.35. The number of benzene rings is 1. The van der Waals surface area contributed by atoms with Crippen LogP contribution in [0.1, 0.15) is 47.8 Å². The Labute approximate surface area is 199 Å². The van der Waals surface area contributed by atoms with Crippen molar-refractivity contribution in [2.75, 3.05) is 31.2 Å². The number of carbonyl (C=O) groups is 2. The number of rotatable bonds is 5. The van der Waals surface area contributed by atoms with Gasteiger partial charge in [0.15, 0.2) is 0 Å². The van der Waals surface area contributed by atoms with Crippen molar-refractivity contribution in [2.45, 2.75) is 32.2 Å². The summed E-state index contributed by atoms with van der Waals surface area (Å²) in [6, 6.07) is 8.81. The number of hydrogen-bond acceptors (Lipinski definition) is 8. The van der Waals surface area contributed by atoms with Crippen LogP contribution >= 0.6 is 0 Å². The molecule has 2 aliphatic rings. The van der Waals surface area contributed by atoms with Crippen molar-refractivity contribution in [1.82, 2.24) is 20.1 Å². The molecule has 1 saturated heterocycles. The highest BCUT2D eigenvalue weighted by atomic mass is 19.3. The molecule has 11 heteroatoms. The summed E-state index contributed by atoms with van der Waals surface area (Å²) < 4.78 is 35.8. The Morgan fingerprint density at radius 1 is 1.09 bits per heavy atom. The van der Waals surface area contributed by atoms with E-state index in [-0.39, 0.29) is 24.2 Å². The summed E-state index contributed by atoms with van der Waals surface area (Å²) in [7, 11) is 0. The fraction of sp³-hybridized carbons (Fsp3) is 0.375. The zero-order valence-electron chi connectivity index (χ0n) is 19.2. The molecule has 0 bridgehead atoms. The molecule has 5 rings (SSSR count). The molecule has 2 aromatic heterocycles. The number of amides is 2. The van der Waals surface area contributed by atoms with Gasteiger partial charge in [0, 0.05) is 30.5 Å². The van der Waals surface area contributed by atoms with Gasteiger partial charge in [-0.25, -0.2) is 0 Å². The Bertz CT molecular complexity index is 1270. The molecule has 2 amide bonds. The van der Waals surface area contributed by atoms with E-state index >= 15 is 0 Å². The van der Waals surface area contributed by atoms with Crippen LogP contribution in [0.25, 0.3) is 11.5 Å². The van der Waals surface area contributed by atoms with Crippen LogP contribution in [0.3, 0.4) is 0 Å². The van der Waals surface area contributed by atoms with Gasteiger partial charge in [-0.15, -0.1) is 10.2 Å². The number of fused-ring (bicyclic) bond motifs is 1. The highest BCUT2D eigenvalue weighted by Crippen LogP contribution is 2.37. The zero-order chi connectivity index (χ0) is 24.7. The molecule has 35 heavy (non-hydrogen) atoms. The van der Waals surface area contributed by atoms with E-state index in [9.17, 15) is 18.4 Å². The highest BCUT2D eigenvalue weighted by molar-refractivity contribution is 6.13. The van der Waals surface area contributed by atoms with Crippen molar-refractivity contribution in [3.8, 4) is 11.5 Å². The Balaban J connectivity index is 1.40. The van der Waals surface area contributed by atoms with Gasteiger partial charge in [0.05, 0.1) is 36.4 Å². The first-order valence-electron chi connectivity index (χ1n) is 11.2. The van der Waals surface area contributed by atoms with Gasteiger partial charge in [0.2, 0.25) is 11.8 Å². The lowest BCUT2D eigenvalue weighted by Gasteiger charge is -2.38. The molecule has 0 unspecified atom stereocenters. The van der Waals surface area contributed by atoms with E-state index in [4.69, 9.17) is 9.15 Å². The monoisotopic (exact) mass is 483 g/mol. The molecule has 1 fully saturated rings. The summed E-state index contributed by atoms with van der Waals surface area (Å²) in [6.45, 7) is 6.27. The maximum absolute atomic E-state index is 13.4. The van der Waals surface area contributed by atoms with Crippen LogP contribution in [-0.2, 0) is 21.5 Å². The van der Waals surface area contributed by atoms with E-state index in [0.29, 0.717) is 35.6 Å². The molecule has 3 aromatic rings. The molecule has 0 saturated carbocycles. The van der Waals surface area contributed by atoms with E-state index in [0.717, 1.165) is 18.8 Å². The minimum Gasteiger partial charge on any atom is -0.415 e. The van der Waals surface area contributed by atoms with Crippen molar-refractivity contribution in [3.63, 3.8) is 0 Å². The van der Waals surface area contributed by atoms with Crippen LogP contribution in [-0.4, -0.2) is 58.2 Å². The molecular formula is C24H23F2N5O4. The van der Waals surface area contributed by atoms with E-state index in [1.54, 1.807) is 26.0 Å². The third-order valence-electron chi connectivity index (χ3n) is 6.33. The van der Waals surface area contributed by atoms with E-state index in [1.165, 1.54) is 11.1 Å². The van der Waals surface area contributed by atoms with Crippen molar-refractivity contribution in [1.29, 1.82) is 0 Å². The van der Waals surface area contributed by atoms with Crippen molar-refractivity contribution in [2.24, 2.45) is 0 Å². The molecular weight excluding hydrogens is 460 g/mol. The number of alkyl halides is 2. The first-order chi connectivity index (χ1) is 16.8. The lowest BCUT2D eigenvalue weighted by Crippen LogP contribution is -2.51. The van der Waals surface area contributed by atoms with Crippen LogP contribution in [0.2, 0.25) is 0 Å². The molecule has 0 radical (unpaired) electrons. The number of ether oxygens (including phenoxy) is 1. The molecule has 182 valence electrons. The van der Waals surface area contributed by atoms with Gasteiger partial charge < -0.3 is 14.1 Å². The van der Waals surface area contributed by atoms with Crippen LogP contribution in [0.4, 0.5) is 14.5 Å². The Morgan fingerprint density at radius 2 is 1.86 bits per heavy atom. The number of pyridine rings is 1. The number of nitrogens with zero attached hydrogens (tertiary/aromatic N) is 5. The van der Waals surface area contributed by atoms with Gasteiger partial charge in [0.25, 0.3) is 11.8 Å². The lowest BCUT2D eigenvalue weighted by atomic mass is 9.77. The number of hydrogen-bond donors (Lipinski definition) is 0. The average molecular weight is 483 g/mol. The zero-order valence-corrected chi connectivity index (χ0v) is 19.2. The molecule has 0 N–H and O–H groups in total. The molecule has 4 heterocycles. The minimum absolute atomic E-state index is 0.0330. The Kier molecular flexibility index (Phi) is 5.79. The van der Waals surface area contributed by atoms with Crippen LogP contribution in [0.15, 0.2) is 40.9 Å². The van der Waals surface area contributed by atoms with E-state index < -0.39 is 17.7 Å². The maximum atomic E-state index is 13.4. The quantitative estimate of drug-likeness (QED) is 0.509. The topological polar surface area (TPSA) is 102 Å². The van der Waals surface area contributed by atoms with Crippen molar-refractivity contribution < 1.29 is 27.5 Å². The largest absolute Gasteiger partial charge is 0.415 e. The summed E-state index contributed by atoms with van der Waals surface area (Å²) in [4.78, 5) is 34.4. The van der Waals surface area contributed by atoms with Crippen LogP contribution in [0, 0.1) is 0 Å². The number of anilines is 1. The molecule has 0 aliphatic carbocycles. The van der Waals surface area contributed by atoms with E-state index in [1.807, 2.05) is 18.2 Å². The second-order valence-corrected chi connectivity index (χ2v) is 8.94. The van der Waals surface area contributed by atoms with E-state index in [2.05, 4.69) is 20.1 Å². The SMILES string of the molecule is CC1(C)C(=O)N(Cc2ccc(-c3nnc(C(F)F)o3)cn2)C(=O)c2cc(N3CCOCC3)ccc21. The predicted molar refractivity (Wildman–Crippen MR) is 120 cm³/mol. The third kappa shape index (κ3) is 4.16. The van der Waals surface area contributed by atoms with Crippen molar-refractivity contribution >= 4 is 17.5 Å². The van der Waals surface area contributed by atoms with Gasteiger partial charge in [-0.05, 0) is 43.7 Å². The fourth-order valence-corrected chi connectivity index (χ4v) is 4.35. The third-order valence-corrected chi connectivity index (χ3v) is 6.33. The summed E-state index contributed by atoms with van der Waals surface area (Å²) in [5.41, 5.74) is 1.99. The minimum atomic E-state index is -2.87. The second-order valence-electron chi connectivity index (χ2n) is 8.94. The standard InChI is InChI=1S/C24H23F2N5O4/c1-24(2)18-6-5-16(30-7-9-34-10-8-30)11-17(18)22(32)31(23(24)33)13-15-4-3-14(12-27-15)20-28-29-21(35-20)19(25)26/h3-6,11-12,19H,7-10,13H2,1-2H3. The number of aromatic nitrogens is 3. The summed E-state index contributed by atoms with van der Waals surface area (Å²) in [6.07, 6.45) is -1.48. The lowest BCUT2D eigenvalue weighted by molar-refractivity contribution is -0.134. The molecule has 0 atom stereocenters. The first-order valence-corrected chi connectivity index (χ1v) is 11.2. The van der Waals surface area contributed by atoms with Gasteiger partial charge in [0.1, 0.15) is 0 Å². The second kappa shape index (κ2) is 8.81. The smallest absolute Gasteiger partial charge is 0.314 e. The molecule has 2 aliphatic heterocycles. The predicted octanol–water partition coefficient (Wildman–Crippen LogP) is 3.37. The Hall–Kier alpha value is -3.73. The number of imide groups is 1. The average Bonchev–Trinajstić information content (AvgIpc) is 3.37. The van der Waals surface area contributed by atoms with Gasteiger partial charge >= 0.3 is 6.43 Å². The molecule has 1 aromatic carbocycles. The van der Waals surface area contributed by atoms with Crippen molar-refractivity contribution in [3.05, 3.63) is 59.2 Å². The summed E-state index contributed by atoms with van der Waals surface area (Å²) in [5.74, 6) is -1.57. The normalized spacial score (nSPS) is 17.7. The van der Waals surface area contributed by atoms with Gasteiger partial charge in [-0.2, -0.15) is 8.78 Å². The number of morpholine rings is 1. The van der Waals surface area contributed by atoms with Gasteiger partial charge in [-0.1, -0.05) is 6.07 Å². The first kappa shape index (κ1) is 23.0. The van der Waals surface area contributed by atoms with Gasteiger partial charge in [-0.3, -0.25) is 19.5 Å².